The Kier molecular flexibility index (Phi) is 3.14. The van der Waals surface area contributed by atoms with Gasteiger partial charge in [0.25, 0.3) is 15.2 Å². The van der Waals surface area contributed by atoms with E-state index in [1.54, 1.807) is 6.92 Å². The number of benzene rings is 1. The van der Waals surface area contributed by atoms with Crippen LogP contribution < -0.4 is 5.14 Å². The number of primary sulfonamides is 1. The molecule has 8 heteroatoms. The van der Waals surface area contributed by atoms with Crippen molar-refractivity contribution in [2.75, 3.05) is 0 Å². The Hall–Kier alpha value is -1.80. The average molecular weight is 270 g/mol. The monoisotopic (exact) mass is 270 g/mol. The molecule has 2 N–H and O–H groups in total. The molecular weight excluding hydrogens is 259 g/mol. The summed E-state index contributed by atoms with van der Waals surface area (Å²) in [6.07, 6.45) is 0. The maximum absolute atomic E-state index is 12.8. The van der Waals surface area contributed by atoms with Crippen LogP contribution in [-0.2, 0) is 16.6 Å². The molecule has 0 fully saturated rings. The van der Waals surface area contributed by atoms with Crippen molar-refractivity contribution in [2.45, 2.75) is 18.6 Å². The highest BCUT2D eigenvalue weighted by atomic mass is 32.2. The standard InChI is InChI=1S/C10H11FN4O2S/c1-2-15-9(7-3-5-8(11)6-4-7)13-14-10(15)18(12,16)17/h3-6H,2H2,1H3,(H2,12,16,17). The first-order valence-corrected chi connectivity index (χ1v) is 6.70. The van der Waals surface area contributed by atoms with Crippen molar-refractivity contribution in [3.63, 3.8) is 0 Å². The fraction of sp³-hybridized carbons (Fsp3) is 0.200. The fourth-order valence-corrected chi connectivity index (χ4v) is 2.27. The lowest BCUT2D eigenvalue weighted by molar-refractivity contribution is 0.570. The molecule has 0 saturated heterocycles. The second-order valence-corrected chi connectivity index (χ2v) is 5.06. The van der Waals surface area contributed by atoms with Gasteiger partial charge in [0.15, 0.2) is 5.82 Å². The molecular formula is C10H11FN4O2S. The van der Waals surface area contributed by atoms with Gasteiger partial charge in [-0.1, -0.05) is 0 Å². The van der Waals surface area contributed by atoms with Crippen LogP contribution in [0.5, 0.6) is 0 Å². The molecule has 0 atom stereocenters. The number of halogens is 1. The lowest BCUT2D eigenvalue weighted by Gasteiger charge is -2.05. The van der Waals surface area contributed by atoms with Crippen LogP contribution in [0.3, 0.4) is 0 Å². The molecule has 6 nitrogen and oxygen atoms in total. The van der Waals surface area contributed by atoms with Gasteiger partial charge >= 0.3 is 0 Å². The SMILES string of the molecule is CCn1c(-c2ccc(F)cc2)nnc1S(N)(=O)=O. The number of rotatable bonds is 3. The van der Waals surface area contributed by atoms with Gasteiger partial charge in [-0.3, -0.25) is 4.57 Å². The highest BCUT2D eigenvalue weighted by Gasteiger charge is 2.20. The van der Waals surface area contributed by atoms with E-state index in [1.807, 2.05) is 0 Å². The number of nitrogens with zero attached hydrogens (tertiary/aromatic N) is 3. The topological polar surface area (TPSA) is 90.9 Å². The van der Waals surface area contributed by atoms with E-state index >= 15 is 0 Å². The van der Waals surface area contributed by atoms with Gasteiger partial charge in [-0.05, 0) is 31.2 Å². The number of aromatic nitrogens is 3. The molecule has 0 unspecified atom stereocenters. The molecule has 1 aromatic heterocycles. The Bertz CT molecular complexity index is 664. The zero-order valence-electron chi connectivity index (χ0n) is 9.54. The third-order valence-electron chi connectivity index (χ3n) is 2.39. The van der Waals surface area contributed by atoms with Crippen molar-refractivity contribution in [2.24, 2.45) is 5.14 Å². The predicted molar refractivity (Wildman–Crippen MR) is 62.5 cm³/mol. The number of hydrogen-bond acceptors (Lipinski definition) is 4. The summed E-state index contributed by atoms with van der Waals surface area (Å²) >= 11 is 0. The lowest BCUT2D eigenvalue weighted by atomic mass is 10.2. The molecule has 1 aromatic carbocycles. The first-order chi connectivity index (χ1) is 8.43. The average Bonchev–Trinajstić information content (AvgIpc) is 2.73. The fourth-order valence-electron chi connectivity index (χ4n) is 1.60. The van der Waals surface area contributed by atoms with Crippen LogP contribution in [-0.4, -0.2) is 23.2 Å². The molecule has 0 radical (unpaired) electrons. The summed E-state index contributed by atoms with van der Waals surface area (Å²) < 4.78 is 36.8. The van der Waals surface area contributed by atoms with Crippen LogP contribution in [0, 0.1) is 5.82 Å². The molecule has 0 aliphatic rings. The van der Waals surface area contributed by atoms with Crippen molar-refractivity contribution >= 4 is 10.0 Å². The van der Waals surface area contributed by atoms with Crippen LogP contribution in [0.25, 0.3) is 11.4 Å². The van der Waals surface area contributed by atoms with Crippen LogP contribution in [0.4, 0.5) is 4.39 Å². The summed E-state index contributed by atoms with van der Waals surface area (Å²) in [5.41, 5.74) is 0.570. The first-order valence-electron chi connectivity index (χ1n) is 5.15. The lowest BCUT2D eigenvalue weighted by Crippen LogP contribution is -2.18. The second-order valence-electron chi connectivity index (χ2n) is 3.60. The highest BCUT2D eigenvalue weighted by Crippen LogP contribution is 2.20. The van der Waals surface area contributed by atoms with Crippen molar-refractivity contribution in [3.8, 4) is 11.4 Å². The van der Waals surface area contributed by atoms with E-state index in [1.165, 1.54) is 28.8 Å². The van der Waals surface area contributed by atoms with Gasteiger partial charge in [0.2, 0.25) is 0 Å². The second kappa shape index (κ2) is 4.46. The molecule has 0 saturated carbocycles. The Morgan fingerprint density at radius 1 is 1.28 bits per heavy atom. The Labute approximate surface area is 103 Å². The molecule has 96 valence electrons. The van der Waals surface area contributed by atoms with E-state index in [4.69, 9.17) is 5.14 Å². The van der Waals surface area contributed by atoms with Gasteiger partial charge in [-0.25, -0.2) is 17.9 Å². The molecule has 1 heterocycles. The van der Waals surface area contributed by atoms with Crippen molar-refractivity contribution in [3.05, 3.63) is 30.1 Å². The number of sulfonamides is 1. The third-order valence-corrected chi connectivity index (χ3v) is 3.20. The van der Waals surface area contributed by atoms with E-state index in [0.29, 0.717) is 17.9 Å². The van der Waals surface area contributed by atoms with E-state index < -0.39 is 10.0 Å². The molecule has 0 aliphatic heterocycles. The predicted octanol–water partition coefficient (Wildman–Crippen LogP) is 0.751. The minimum atomic E-state index is -3.93. The van der Waals surface area contributed by atoms with Crippen molar-refractivity contribution in [1.82, 2.24) is 14.8 Å². The molecule has 2 aromatic rings. The summed E-state index contributed by atoms with van der Waals surface area (Å²) in [5, 5.41) is 12.1. The van der Waals surface area contributed by atoms with Crippen LogP contribution in [0.15, 0.2) is 29.4 Å². The minimum Gasteiger partial charge on any atom is -0.297 e. The summed E-state index contributed by atoms with van der Waals surface area (Å²) in [7, 11) is -3.93. The van der Waals surface area contributed by atoms with E-state index in [-0.39, 0.29) is 11.0 Å². The summed E-state index contributed by atoms with van der Waals surface area (Å²) in [6.45, 7) is 2.08. The van der Waals surface area contributed by atoms with E-state index in [9.17, 15) is 12.8 Å². The normalized spacial score (nSPS) is 11.7. The molecule has 18 heavy (non-hydrogen) atoms. The van der Waals surface area contributed by atoms with Gasteiger partial charge in [-0.15, -0.1) is 10.2 Å². The van der Waals surface area contributed by atoms with Gasteiger partial charge in [0.05, 0.1) is 0 Å². The van der Waals surface area contributed by atoms with Gasteiger partial charge in [0.1, 0.15) is 5.82 Å². The maximum Gasteiger partial charge on any atom is 0.273 e. The smallest absolute Gasteiger partial charge is 0.273 e. The summed E-state index contributed by atoms with van der Waals surface area (Å²) in [6, 6.07) is 5.53. The summed E-state index contributed by atoms with van der Waals surface area (Å²) in [5.74, 6) is -0.0468. The Morgan fingerprint density at radius 3 is 2.39 bits per heavy atom. The summed E-state index contributed by atoms with van der Waals surface area (Å²) in [4.78, 5) is 0. The molecule has 2 rings (SSSR count). The van der Waals surface area contributed by atoms with Gasteiger partial charge in [-0.2, -0.15) is 0 Å². The third kappa shape index (κ3) is 2.24. The van der Waals surface area contributed by atoms with Gasteiger partial charge in [0, 0.05) is 12.1 Å². The molecule has 0 spiro atoms. The highest BCUT2D eigenvalue weighted by molar-refractivity contribution is 7.89. The van der Waals surface area contributed by atoms with Gasteiger partial charge < -0.3 is 0 Å². The molecule has 0 aliphatic carbocycles. The zero-order chi connectivity index (χ0) is 13.3. The Balaban J connectivity index is 2.59. The van der Waals surface area contributed by atoms with E-state index in [2.05, 4.69) is 10.2 Å². The van der Waals surface area contributed by atoms with Crippen LogP contribution in [0.2, 0.25) is 0 Å². The molecule has 0 amide bonds. The van der Waals surface area contributed by atoms with Crippen LogP contribution in [0.1, 0.15) is 6.92 Å². The zero-order valence-corrected chi connectivity index (χ0v) is 10.4. The first kappa shape index (κ1) is 12.7. The number of hydrogen-bond donors (Lipinski definition) is 1. The molecule has 0 bridgehead atoms. The van der Waals surface area contributed by atoms with E-state index in [0.717, 1.165) is 0 Å². The largest absolute Gasteiger partial charge is 0.297 e. The van der Waals surface area contributed by atoms with Crippen molar-refractivity contribution in [1.29, 1.82) is 0 Å². The van der Waals surface area contributed by atoms with Crippen molar-refractivity contribution < 1.29 is 12.8 Å². The van der Waals surface area contributed by atoms with Crippen LogP contribution >= 0.6 is 0 Å². The maximum atomic E-state index is 12.8. The minimum absolute atomic E-state index is 0.302. The quantitative estimate of drug-likeness (QED) is 0.891. The number of nitrogens with two attached hydrogens (primary N) is 1. The Morgan fingerprint density at radius 2 is 1.89 bits per heavy atom.